The molecule has 0 aliphatic rings. The molecule has 0 saturated heterocycles. The van der Waals surface area contributed by atoms with Crippen LogP contribution in [0.2, 0.25) is 0 Å². The third kappa shape index (κ3) is 3.29. The maximum atomic E-state index is 5.82. The fraction of sp³-hybridized carbons (Fsp3) is 0.100. The fourth-order valence-corrected chi connectivity index (χ4v) is 2.47. The lowest BCUT2D eigenvalue weighted by atomic mass is 9.93. The summed E-state index contributed by atoms with van der Waals surface area (Å²) in [6.07, 6.45) is 0. The van der Waals surface area contributed by atoms with Gasteiger partial charge in [0.05, 0.1) is 0 Å². The van der Waals surface area contributed by atoms with Crippen LogP contribution in [0, 0.1) is 0 Å². The highest BCUT2D eigenvalue weighted by Crippen LogP contribution is 2.28. The van der Waals surface area contributed by atoms with E-state index >= 15 is 0 Å². The Morgan fingerprint density at radius 3 is 2.09 bits per heavy atom. The molecule has 1 atom stereocenters. The molecule has 0 saturated carbocycles. The maximum Gasteiger partial charge on any atom is 0.129 e. The van der Waals surface area contributed by atoms with Gasteiger partial charge in [-0.2, -0.15) is 0 Å². The minimum absolute atomic E-state index is 0.364. The van der Waals surface area contributed by atoms with Crippen LogP contribution in [0.4, 0.5) is 5.69 Å². The minimum atomic E-state index is 0.364. The molecule has 3 rings (SSSR count). The van der Waals surface area contributed by atoms with Crippen molar-refractivity contribution in [1.82, 2.24) is 0 Å². The largest absolute Gasteiger partial charge is 0.457 e. The lowest BCUT2D eigenvalue weighted by Gasteiger charge is -2.13. The van der Waals surface area contributed by atoms with Crippen molar-refractivity contribution < 1.29 is 4.74 Å². The molecule has 22 heavy (non-hydrogen) atoms. The molecule has 0 heterocycles. The van der Waals surface area contributed by atoms with E-state index in [4.69, 9.17) is 10.5 Å². The van der Waals surface area contributed by atoms with Crippen molar-refractivity contribution in [3.05, 3.63) is 90.0 Å². The zero-order valence-electron chi connectivity index (χ0n) is 12.6. The van der Waals surface area contributed by atoms with Crippen LogP contribution < -0.4 is 10.5 Å². The van der Waals surface area contributed by atoms with E-state index in [0.29, 0.717) is 11.6 Å². The number of rotatable bonds is 4. The summed E-state index contributed by atoms with van der Waals surface area (Å²) in [6, 6.07) is 26.2. The first kappa shape index (κ1) is 14.2. The summed E-state index contributed by atoms with van der Waals surface area (Å²) >= 11 is 0. The summed E-state index contributed by atoms with van der Waals surface area (Å²) < 4.78 is 5.82. The monoisotopic (exact) mass is 289 g/mol. The molecular formula is C20H19NO. The van der Waals surface area contributed by atoms with Gasteiger partial charge >= 0.3 is 0 Å². The third-order valence-electron chi connectivity index (χ3n) is 3.77. The highest BCUT2D eigenvalue weighted by atomic mass is 16.5. The molecule has 0 aliphatic heterocycles. The molecule has 3 aromatic carbocycles. The molecule has 0 spiro atoms. The van der Waals surface area contributed by atoms with E-state index in [1.807, 2.05) is 42.5 Å². The Labute approximate surface area is 131 Å². The van der Waals surface area contributed by atoms with Gasteiger partial charge in [0.25, 0.3) is 0 Å². The topological polar surface area (TPSA) is 35.2 Å². The van der Waals surface area contributed by atoms with Crippen molar-refractivity contribution >= 4 is 5.69 Å². The smallest absolute Gasteiger partial charge is 0.129 e. The Morgan fingerprint density at radius 2 is 1.41 bits per heavy atom. The van der Waals surface area contributed by atoms with Gasteiger partial charge in [-0.1, -0.05) is 55.5 Å². The Bertz CT molecular complexity index is 735. The molecule has 110 valence electrons. The van der Waals surface area contributed by atoms with Crippen molar-refractivity contribution in [1.29, 1.82) is 0 Å². The number of nitrogen functional groups attached to an aromatic ring is 1. The lowest BCUT2D eigenvalue weighted by Crippen LogP contribution is -1.95. The van der Waals surface area contributed by atoms with E-state index in [9.17, 15) is 0 Å². The lowest BCUT2D eigenvalue weighted by molar-refractivity contribution is 0.482. The summed E-state index contributed by atoms with van der Waals surface area (Å²) in [7, 11) is 0. The zero-order chi connectivity index (χ0) is 15.4. The van der Waals surface area contributed by atoms with Crippen molar-refractivity contribution in [2.24, 2.45) is 0 Å². The number of benzene rings is 3. The first-order valence-electron chi connectivity index (χ1n) is 7.41. The van der Waals surface area contributed by atoms with E-state index in [-0.39, 0.29) is 0 Å². The summed E-state index contributed by atoms with van der Waals surface area (Å²) in [5.41, 5.74) is 9.04. The second-order valence-corrected chi connectivity index (χ2v) is 5.38. The van der Waals surface area contributed by atoms with E-state index in [0.717, 1.165) is 11.5 Å². The first-order valence-corrected chi connectivity index (χ1v) is 7.41. The van der Waals surface area contributed by atoms with E-state index < -0.39 is 0 Å². The molecule has 0 amide bonds. The normalized spacial score (nSPS) is 11.9. The van der Waals surface area contributed by atoms with Gasteiger partial charge in [0.2, 0.25) is 0 Å². The Hall–Kier alpha value is -2.74. The van der Waals surface area contributed by atoms with Crippen LogP contribution in [-0.4, -0.2) is 0 Å². The number of anilines is 1. The predicted molar refractivity (Wildman–Crippen MR) is 91.3 cm³/mol. The Morgan fingerprint density at radius 1 is 0.727 bits per heavy atom. The van der Waals surface area contributed by atoms with Crippen LogP contribution in [0.25, 0.3) is 0 Å². The van der Waals surface area contributed by atoms with E-state index in [2.05, 4.69) is 43.3 Å². The minimum Gasteiger partial charge on any atom is -0.457 e. The van der Waals surface area contributed by atoms with Crippen LogP contribution >= 0.6 is 0 Å². The van der Waals surface area contributed by atoms with Gasteiger partial charge in [-0.05, 0) is 35.4 Å². The number of hydrogen-bond acceptors (Lipinski definition) is 2. The average Bonchev–Trinajstić information content (AvgIpc) is 2.56. The van der Waals surface area contributed by atoms with Crippen LogP contribution in [-0.2, 0) is 0 Å². The maximum absolute atomic E-state index is 5.82. The standard InChI is InChI=1S/C20H19NO/c1-15(16-6-3-2-4-7-16)17-10-12-19(13-11-17)22-20-9-5-8-18(21)14-20/h2-15H,21H2,1H3. The highest BCUT2D eigenvalue weighted by Gasteiger charge is 2.08. The molecule has 0 aromatic heterocycles. The third-order valence-corrected chi connectivity index (χ3v) is 3.77. The molecule has 0 bridgehead atoms. The van der Waals surface area contributed by atoms with Gasteiger partial charge in [0.15, 0.2) is 0 Å². The van der Waals surface area contributed by atoms with Crippen molar-refractivity contribution in [2.45, 2.75) is 12.8 Å². The van der Waals surface area contributed by atoms with Crippen LogP contribution in [0.5, 0.6) is 11.5 Å². The molecule has 2 heteroatoms. The molecule has 0 fully saturated rings. The SMILES string of the molecule is CC(c1ccccc1)c1ccc(Oc2cccc(N)c2)cc1. The molecular weight excluding hydrogens is 270 g/mol. The molecule has 1 unspecified atom stereocenters. The van der Waals surface area contributed by atoms with Gasteiger partial charge < -0.3 is 10.5 Å². The molecule has 2 nitrogen and oxygen atoms in total. The van der Waals surface area contributed by atoms with Crippen molar-refractivity contribution in [3.63, 3.8) is 0 Å². The number of ether oxygens (including phenoxy) is 1. The molecule has 0 aliphatic carbocycles. The van der Waals surface area contributed by atoms with Crippen molar-refractivity contribution in [2.75, 3.05) is 5.73 Å². The Kier molecular flexibility index (Phi) is 4.10. The zero-order valence-corrected chi connectivity index (χ0v) is 12.6. The second-order valence-electron chi connectivity index (χ2n) is 5.38. The fourth-order valence-electron chi connectivity index (χ4n) is 2.47. The predicted octanol–water partition coefficient (Wildman–Crippen LogP) is 5.21. The van der Waals surface area contributed by atoms with E-state index in [1.54, 1.807) is 0 Å². The Balaban J connectivity index is 1.75. The number of hydrogen-bond donors (Lipinski definition) is 1. The van der Waals surface area contributed by atoms with Gasteiger partial charge in [-0.15, -0.1) is 0 Å². The van der Waals surface area contributed by atoms with E-state index in [1.165, 1.54) is 11.1 Å². The second kappa shape index (κ2) is 6.35. The summed E-state index contributed by atoms with van der Waals surface area (Å²) in [5.74, 6) is 1.93. The molecule has 2 N–H and O–H groups in total. The van der Waals surface area contributed by atoms with Crippen LogP contribution in [0.3, 0.4) is 0 Å². The van der Waals surface area contributed by atoms with Crippen molar-refractivity contribution in [3.8, 4) is 11.5 Å². The highest BCUT2D eigenvalue weighted by molar-refractivity contribution is 5.45. The quantitative estimate of drug-likeness (QED) is 0.669. The molecule has 3 aromatic rings. The summed E-state index contributed by atoms with van der Waals surface area (Å²) in [6.45, 7) is 2.21. The van der Waals surface area contributed by atoms with Crippen LogP contribution in [0.1, 0.15) is 24.0 Å². The number of nitrogens with two attached hydrogens (primary N) is 1. The van der Waals surface area contributed by atoms with Gasteiger partial charge in [-0.25, -0.2) is 0 Å². The van der Waals surface area contributed by atoms with Gasteiger partial charge in [0, 0.05) is 17.7 Å². The summed E-state index contributed by atoms with van der Waals surface area (Å²) in [5, 5.41) is 0. The molecule has 0 radical (unpaired) electrons. The average molecular weight is 289 g/mol. The van der Waals surface area contributed by atoms with Crippen LogP contribution in [0.15, 0.2) is 78.9 Å². The van der Waals surface area contributed by atoms with Gasteiger partial charge in [0.1, 0.15) is 11.5 Å². The summed E-state index contributed by atoms with van der Waals surface area (Å²) in [4.78, 5) is 0. The van der Waals surface area contributed by atoms with Gasteiger partial charge in [-0.3, -0.25) is 0 Å². The first-order chi connectivity index (χ1) is 10.7.